The molecule has 1 aliphatic carbocycles. The summed E-state index contributed by atoms with van der Waals surface area (Å²) in [7, 11) is 0. The van der Waals surface area contributed by atoms with Crippen molar-refractivity contribution < 1.29 is 5.11 Å². The Balaban J connectivity index is 1.66. The summed E-state index contributed by atoms with van der Waals surface area (Å²) in [5.41, 5.74) is 2.63. The van der Waals surface area contributed by atoms with Gasteiger partial charge in [0.1, 0.15) is 5.00 Å². The molecule has 2 aliphatic rings. The first kappa shape index (κ1) is 11.7. The van der Waals surface area contributed by atoms with Crippen LogP contribution in [0.5, 0.6) is 0 Å². The van der Waals surface area contributed by atoms with E-state index in [0.717, 1.165) is 13.0 Å². The standard InChI is InChI=1S/C15H18N2OS/c18-14(10-3-4-10)8-12-13-2-1-6-17(13)15-11(9-16-12)5-7-19-15/h1-2,5-7,10,12,14,16,18H,3-4,8-9H2. The average Bonchev–Trinajstić information content (AvgIpc) is 3.01. The van der Waals surface area contributed by atoms with Gasteiger partial charge in [0.05, 0.1) is 12.1 Å². The summed E-state index contributed by atoms with van der Waals surface area (Å²) >= 11 is 1.79. The second-order valence-corrected chi connectivity index (χ2v) is 6.52. The van der Waals surface area contributed by atoms with Crippen molar-refractivity contribution >= 4 is 11.3 Å². The monoisotopic (exact) mass is 274 g/mol. The van der Waals surface area contributed by atoms with Crippen LogP contribution in [0.15, 0.2) is 29.8 Å². The fourth-order valence-electron chi connectivity index (χ4n) is 2.99. The molecule has 1 saturated carbocycles. The number of thiophene rings is 1. The van der Waals surface area contributed by atoms with Gasteiger partial charge in [0.2, 0.25) is 0 Å². The predicted octanol–water partition coefficient (Wildman–Crippen LogP) is 2.84. The maximum atomic E-state index is 10.2. The Kier molecular flexibility index (Phi) is 2.76. The van der Waals surface area contributed by atoms with E-state index in [0.29, 0.717) is 5.92 Å². The molecule has 1 fully saturated rings. The van der Waals surface area contributed by atoms with Crippen LogP contribution in [-0.2, 0) is 6.54 Å². The Hall–Kier alpha value is -1.10. The zero-order valence-electron chi connectivity index (χ0n) is 10.7. The number of hydrogen-bond donors (Lipinski definition) is 2. The van der Waals surface area contributed by atoms with Gasteiger partial charge in [-0.25, -0.2) is 0 Å². The minimum atomic E-state index is -0.156. The highest BCUT2D eigenvalue weighted by molar-refractivity contribution is 7.12. The summed E-state index contributed by atoms with van der Waals surface area (Å²) in [6.45, 7) is 0.891. The fraction of sp³-hybridized carbons (Fsp3) is 0.467. The van der Waals surface area contributed by atoms with E-state index in [1.54, 1.807) is 11.3 Å². The highest BCUT2D eigenvalue weighted by atomic mass is 32.1. The number of aliphatic hydroxyl groups excluding tert-OH is 1. The number of aromatic nitrogens is 1. The van der Waals surface area contributed by atoms with E-state index in [4.69, 9.17) is 0 Å². The topological polar surface area (TPSA) is 37.2 Å². The van der Waals surface area contributed by atoms with E-state index >= 15 is 0 Å². The smallest absolute Gasteiger partial charge is 0.104 e. The van der Waals surface area contributed by atoms with Gasteiger partial charge in [0, 0.05) is 24.0 Å². The van der Waals surface area contributed by atoms with Gasteiger partial charge in [-0.2, -0.15) is 0 Å². The van der Waals surface area contributed by atoms with Crippen LogP contribution in [0.4, 0.5) is 0 Å². The van der Waals surface area contributed by atoms with Crippen molar-refractivity contribution in [2.24, 2.45) is 5.92 Å². The Morgan fingerprint density at radius 2 is 2.32 bits per heavy atom. The Bertz CT molecular complexity index is 584. The molecule has 0 aromatic carbocycles. The predicted molar refractivity (Wildman–Crippen MR) is 76.6 cm³/mol. The Morgan fingerprint density at radius 1 is 1.42 bits per heavy atom. The summed E-state index contributed by atoms with van der Waals surface area (Å²) in [6, 6.07) is 6.72. The normalized spacial score (nSPS) is 23.5. The largest absolute Gasteiger partial charge is 0.393 e. The van der Waals surface area contributed by atoms with Crippen molar-refractivity contribution in [3.8, 4) is 5.00 Å². The van der Waals surface area contributed by atoms with Gasteiger partial charge in [-0.05, 0) is 48.8 Å². The summed E-state index contributed by atoms with van der Waals surface area (Å²) in [5, 5.41) is 17.3. The minimum Gasteiger partial charge on any atom is -0.393 e. The van der Waals surface area contributed by atoms with Crippen molar-refractivity contribution in [1.82, 2.24) is 9.88 Å². The molecule has 0 radical (unpaired) electrons. The minimum absolute atomic E-state index is 0.156. The van der Waals surface area contributed by atoms with E-state index in [-0.39, 0.29) is 12.1 Å². The van der Waals surface area contributed by atoms with Gasteiger partial charge in [-0.15, -0.1) is 11.3 Å². The molecule has 1 aliphatic heterocycles. The lowest BCUT2D eigenvalue weighted by Crippen LogP contribution is -2.25. The van der Waals surface area contributed by atoms with Crippen LogP contribution in [0.2, 0.25) is 0 Å². The molecule has 2 unspecified atom stereocenters. The molecule has 100 valence electrons. The van der Waals surface area contributed by atoms with Gasteiger partial charge in [-0.1, -0.05) is 0 Å². The summed E-state index contributed by atoms with van der Waals surface area (Å²) in [4.78, 5) is 0. The molecule has 4 rings (SSSR count). The van der Waals surface area contributed by atoms with Crippen LogP contribution < -0.4 is 5.32 Å². The van der Waals surface area contributed by atoms with Gasteiger partial charge in [0.15, 0.2) is 0 Å². The molecule has 2 atom stereocenters. The van der Waals surface area contributed by atoms with E-state index in [2.05, 4.69) is 39.7 Å². The maximum Gasteiger partial charge on any atom is 0.104 e. The molecule has 3 heterocycles. The van der Waals surface area contributed by atoms with Crippen molar-refractivity contribution in [3.05, 3.63) is 41.0 Å². The lowest BCUT2D eigenvalue weighted by Gasteiger charge is -2.20. The van der Waals surface area contributed by atoms with Gasteiger partial charge >= 0.3 is 0 Å². The lowest BCUT2D eigenvalue weighted by molar-refractivity contribution is 0.126. The quantitative estimate of drug-likeness (QED) is 0.903. The van der Waals surface area contributed by atoms with Crippen LogP contribution >= 0.6 is 11.3 Å². The number of aliphatic hydroxyl groups is 1. The molecule has 0 saturated heterocycles. The Labute approximate surface area is 116 Å². The molecule has 0 amide bonds. The summed E-state index contributed by atoms with van der Waals surface area (Å²) < 4.78 is 2.28. The first-order valence-corrected chi connectivity index (χ1v) is 7.86. The number of nitrogens with zero attached hydrogens (tertiary/aromatic N) is 1. The molecule has 4 heteroatoms. The zero-order chi connectivity index (χ0) is 12.8. The highest BCUT2D eigenvalue weighted by Gasteiger charge is 2.33. The van der Waals surface area contributed by atoms with Crippen molar-refractivity contribution in [1.29, 1.82) is 0 Å². The molecule has 0 spiro atoms. The first-order valence-electron chi connectivity index (χ1n) is 6.98. The molecule has 0 bridgehead atoms. The molecule has 2 aromatic heterocycles. The molecule has 2 N–H and O–H groups in total. The average molecular weight is 274 g/mol. The third kappa shape index (κ3) is 2.04. The number of fused-ring (bicyclic) bond motifs is 3. The van der Waals surface area contributed by atoms with E-state index < -0.39 is 0 Å². The third-order valence-corrected chi connectivity index (χ3v) is 5.22. The van der Waals surface area contributed by atoms with Crippen molar-refractivity contribution in [3.63, 3.8) is 0 Å². The maximum absolute atomic E-state index is 10.2. The third-order valence-electron chi connectivity index (χ3n) is 4.26. The van der Waals surface area contributed by atoms with E-state index in [9.17, 15) is 5.11 Å². The van der Waals surface area contributed by atoms with E-state index in [1.165, 1.54) is 29.1 Å². The van der Waals surface area contributed by atoms with Crippen molar-refractivity contribution in [2.75, 3.05) is 0 Å². The second kappa shape index (κ2) is 4.47. The molecule has 2 aromatic rings. The van der Waals surface area contributed by atoms with Crippen LogP contribution in [0.25, 0.3) is 5.00 Å². The second-order valence-electron chi connectivity index (χ2n) is 5.63. The molecule has 19 heavy (non-hydrogen) atoms. The summed E-state index contributed by atoms with van der Waals surface area (Å²) in [5.74, 6) is 0.544. The van der Waals surface area contributed by atoms with Crippen molar-refractivity contribution in [2.45, 2.75) is 38.0 Å². The summed E-state index contributed by atoms with van der Waals surface area (Å²) in [6.07, 6.45) is 5.19. The number of hydrogen-bond acceptors (Lipinski definition) is 3. The van der Waals surface area contributed by atoms with Crippen LogP contribution in [0.1, 0.15) is 36.6 Å². The first-order chi connectivity index (χ1) is 9.33. The number of rotatable bonds is 3. The lowest BCUT2D eigenvalue weighted by atomic mass is 10.0. The molecule has 3 nitrogen and oxygen atoms in total. The van der Waals surface area contributed by atoms with Crippen LogP contribution in [0.3, 0.4) is 0 Å². The van der Waals surface area contributed by atoms with Crippen LogP contribution in [0, 0.1) is 5.92 Å². The fourth-order valence-corrected chi connectivity index (χ4v) is 3.93. The molecular formula is C15H18N2OS. The van der Waals surface area contributed by atoms with E-state index in [1.807, 2.05) is 0 Å². The van der Waals surface area contributed by atoms with Gasteiger partial charge in [0.25, 0.3) is 0 Å². The van der Waals surface area contributed by atoms with Gasteiger partial charge in [-0.3, -0.25) is 0 Å². The molecular weight excluding hydrogens is 256 g/mol. The Morgan fingerprint density at radius 3 is 3.16 bits per heavy atom. The van der Waals surface area contributed by atoms with Gasteiger partial charge < -0.3 is 15.0 Å². The SMILES string of the molecule is OC(CC1NCc2ccsc2-n2cccc21)C1CC1. The number of nitrogens with one attached hydrogen (secondary N) is 1. The zero-order valence-corrected chi connectivity index (χ0v) is 11.6. The highest BCUT2D eigenvalue weighted by Crippen LogP contribution is 2.38. The van der Waals surface area contributed by atoms with Crippen LogP contribution in [-0.4, -0.2) is 15.8 Å².